The number of carbonyl (C=O) groups is 1. The Hall–Kier alpha value is -1.26. The van der Waals surface area contributed by atoms with Crippen molar-refractivity contribution in [1.82, 2.24) is 0 Å². The molecule has 0 aromatic rings. The van der Waals surface area contributed by atoms with Crippen molar-refractivity contribution >= 4 is 5.97 Å². The first-order chi connectivity index (χ1) is 3.81. The van der Waals surface area contributed by atoms with Gasteiger partial charge in [-0.1, -0.05) is 0 Å². The van der Waals surface area contributed by atoms with Crippen molar-refractivity contribution in [3.8, 4) is 0 Å². The Balaban J connectivity index is 3.39. The van der Waals surface area contributed by atoms with Gasteiger partial charge in [-0.05, 0) is 5.53 Å². The lowest BCUT2D eigenvalue weighted by Gasteiger charge is -1.86. The molecular formula is C2H4N4O2. The van der Waals surface area contributed by atoms with Crippen molar-refractivity contribution < 1.29 is 9.63 Å². The summed E-state index contributed by atoms with van der Waals surface area (Å²) in [5, 5.41) is 2.49. The van der Waals surface area contributed by atoms with Gasteiger partial charge in [0.1, 0.15) is 5.28 Å². The number of carbonyl (C=O) groups excluding carboxylic acids is 1. The van der Waals surface area contributed by atoms with Crippen LogP contribution in [0.4, 0.5) is 0 Å². The molecular weight excluding hydrogens is 112 g/mol. The molecule has 0 aliphatic rings. The van der Waals surface area contributed by atoms with E-state index >= 15 is 0 Å². The summed E-state index contributed by atoms with van der Waals surface area (Å²) < 4.78 is 0. The SMILES string of the molecule is [N-]=[N+]=NOC(=O)CN. The molecule has 0 bridgehead atoms. The predicted octanol–water partition coefficient (Wildman–Crippen LogP) is -0.286. The lowest BCUT2D eigenvalue weighted by atomic mass is 10.7. The molecule has 0 fully saturated rings. The van der Waals surface area contributed by atoms with Gasteiger partial charge in [0.25, 0.3) is 0 Å². The minimum atomic E-state index is -0.747. The Morgan fingerprint density at radius 1 is 2.00 bits per heavy atom. The zero-order chi connectivity index (χ0) is 6.41. The Kier molecular flexibility index (Phi) is 3.30. The van der Waals surface area contributed by atoms with Gasteiger partial charge in [0.05, 0.1) is 6.54 Å². The van der Waals surface area contributed by atoms with Crippen molar-refractivity contribution in [2.75, 3.05) is 6.54 Å². The third kappa shape index (κ3) is 2.95. The number of nitrogens with zero attached hydrogens (tertiary/aromatic N) is 3. The largest absolute Gasteiger partial charge is 0.358 e. The van der Waals surface area contributed by atoms with Crippen molar-refractivity contribution in [3.63, 3.8) is 0 Å². The van der Waals surface area contributed by atoms with Crippen molar-refractivity contribution in [2.24, 2.45) is 11.0 Å². The van der Waals surface area contributed by atoms with Crippen LogP contribution in [0.1, 0.15) is 0 Å². The van der Waals surface area contributed by atoms with Crippen LogP contribution in [0.25, 0.3) is 10.4 Å². The van der Waals surface area contributed by atoms with Gasteiger partial charge >= 0.3 is 5.97 Å². The fourth-order valence-electron chi connectivity index (χ4n) is 0.101. The molecule has 2 N–H and O–H groups in total. The van der Waals surface area contributed by atoms with Gasteiger partial charge < -0.3 is 10.6 Å². The maximum absolute atomic E-state index is 9.96. The zero-order valence-electron chi connectivity index (χ0n) is 3.94. The first kappa shape index (κ1) is 6.74. The van der Waals surface area contributed by atoms with E-state index < -0.39 is 5.97 Å². The number of azide groups is 1. The molecule has 6 heteroatoms. The fraction of sp³-hybridized carbons (Fsp3) is 0.500. The van der Waals surface area contributed by atoms with Crippen LogP contribution < -0.4 is 5.73 Å². The highest BCUT2D eigenvalue weighted by atomic mass is 16.7. The van der Waals surface area contributed by atoms with Gasteiger partial charge in [-0.3, -0.25) is 0 Å². The molecule has 0 aliphatic heterocycles. The van der Waals surface area contributed by atoms with Crippen LogP contribution in [0.15, 0.2) is 5.28 Å². The Morgan fingerprint density at radius 2 is 2.62 bits per heavy atom. The first-order valence-electron chi connectivity index (χ1n) is 1.75. The van der Waals surface area contributed by atoms with E-state index in [9.17, 15) is 4.79 Å². The summed E-state index contributed by atoms with van der Waals surface area (Å²) in [7, 11) is 0. The molecule has 0 amide bonds. The minimum absolute atomic E-state index is 0.279. The topological polar surface area (TPSA) is 101 Å². The molecule has 0 saturated heterocycles. The smallest absolute Gasteiger partial charge is 0.331 e. The summed E-state index contributed by atoms with van der Waals surface area (Å²) in [5.41, 5.74) is 12.3. The molecule has 0 atom stereocenters. The van der Waals surface area contributed by atoms with E-state index in [0.717, 1.165) is 0 Å². The second-order valence-corrected chi connectivity index (χ2v) is 0.839. The summed E-state index contributed by atoms with van der Waals surface area (Å²) in [6.07, 6.45) is 0. The minimum Gasteiger partial charge on any atom is -0.358 e. The Morgan fingerprint density at radius 3 is 3.00 bits per heavy atom. The van der Waals surface area contributed by atoms with E-state index in [0.29, 0.717) is 0 Å². The normalized spacial score (nSPS) is 7.12. The summed E-state index contributed by atoms with van der Waals surface area (Å²) in [5.74, 6) is -0.747. The molecule has 0 spiro atoms. The van der Waals surface area contributed by atoms with Gasteiger partial charge in [-0.15, -0.1) is 0 Å². The van der Waals surface area contributed by atoms with Gasteiger partial charge in [-0.25, -0.2) is 4.79 Å². The third-order valence-corrected chi connectivity index (χ3v) is 0.346. The summed E-state index contributed by atoms with van der Waals surface area (Å²) in [4.78, 5) is 15.9. The number of hydrogen-bond donors (Lipinski definition) is 1. The van der Waals surface area contributed by atoms with Crippen LogP contribution in [0.5, 0.6) is 0 Å². The van der Waals surface area contributed by atoms with E-state index in [1.54, 1.807) is 0 Å². The standard InChI is InChI=1S/C2H4N4O2/c3-1-2(7)8-6-5-4/h1,3H2. The molecule has 0 aliphatic carbocycles. The van der Waals surface area contributed by atoms with E-state index in [1.165, 1.54) is 0 Å². The lowest BCUT2D eigenvalue weighted by molar-refractivity contribution is -0.142. The predicted molar refractivity (Wildman–Crippen MR) is 24.3 cm³/mol. The molecule has 0 aromatic heterocycles. The highest BCUT2D eigenvalue weighted by Gasteiger charge is 1.92. The fourth-order valence-corrected chi connectivity index (χ4v) is 0.101. The van der Waals surface area contributed by atoms with Crippen molar-refractivity contribution in [3.05, 3.63) is 10.4 Å². The summed E-state index contributed by atoms with van der Waals surface area (Å²) >= 11 is 0. The molecule has 0 rings (SSSR count). The molecule has 6 nitrogen and oxygen atoms in total. The first-order valence-corrected chi connectivity index (χ1v) is 1.75. The van der Waals surface area contributed by atoms with Crippen molar-refractivity contribution in [2.45, 2.75) is 0 Å². The Labute approximate surface area is 44.8 Å². The second-order valence-electron chi connectivity index (χ2n) is 0.839. The molecule has 0 aromatic carbocycles. The molecule has 44 valence electrons. The number of nitrogens with two attached hydrogens (primary N) is 1. The second kappa shape index (κ2) is 3.91. The average Bonchev–Trinajstić information content (AvgIpc) is 1.83. The highest BCUT2D eigenvalue weighted by Crippen LogP contribution is 1.74. The van der Waals surface area contributed by atoms with Crippen LogP contribution in [0.3, 0.4) is 0 Å². The van der Waals surface area contributed by atoms with Crippen LogP contribution in [0, 0.1) is 0 Å². The maximum atomic E-state index is 9.96. The van der Waals surface area contributed by atoms with Gasteiger partial charge in [-0.2, -0.15) is 0 Å². The molecule has 0 heterocycles. The molecule has 0 unspecified atom stereocenters. The monoisotopic (exact) mass is 116 g/mol. The van der Waals surface area contributed by atoms with E-state index in [-0.39, 0.29) is 6.54 Å². The van der Waals surface area contributed by atoms with E-state index in [2.05, 4.69) is 15.0 Å². The summed E-state index contributed by atoms with van der Waals surface area (Å²) in [6, 6.07) is 0. The lowest BCUT2D eigenvalue weighted by Crippen LogP contribution is -2.13. The average molecular weight is 116 g/mol. The maximum Gasteiger partial charge on any atom is 0.331 e. The van der Waals surface area contributed by atoms with E-state index in [4.69, 9.17) is 11.3 Å². The van der Waals surface area contributed by atoms with Crippen LogP contribution >= 0.6 is 0 Å². The Bertz CT molecular complexity index is 126. The van der Waals surface area contributed by atoms with Crippen molar-refractivity contribution in [1.29, 1.82) is 0 Å². The van der Waals surface area contributed by atoms with Gasteiger partial charge in [0, 0.05) is 4.91 Å². The third-order valence-electron chi connectivity index (χ3n) is 0.346. The molecule has 0 radical (unpaired) electrons. The number of rotatable bonds is 2. The highest BCUT2D eigenvalue weighted by molar-refractivity contribution is 5.70. The quantitative estimate of drug-likeness (QED) is 0.232. The molecule has 0 saturated carbocycles. The van der Waals surface area contributed by atoms with Crippen LogP contribution in [0.2, 0.25) is 0 Å². The van der Waals surface area contributed by atoms with Gasteiger partial charge in [0.15, 0.2) is 0 Å². The van der Waals surface area contributed by atoms with Gasteiger partial charge in [0.2, 0.25) is 0 Å². The summed E-state index contributed by atoms with van der Waals surface area (Å²) in [6.45, 7) is -0.279. The zero-order valence-corrected chi connectivity index (χ0v) is 3.94. The van der Waals surface area contributed by atoms with E-state index in [1.807, 2.05) is 0 Å². The van der Waals surface area contributed by atoms with Crippen LogP contribution in [-0.2, 0) is 9.63 Å². The van der Waals surface area contributed by atoms with Crippen LogP contribution in [-0.4, -0.2) is 12.5 Å². The number of hydrogen-bond acceptors (Lipinski definition) is 4. The molecule has 8 heavy (non-hydrogen) atoms.